The Balaban J connectivity index is 2.86. The van der Waals surface area contributed by atoms with E-state index in [0.29, 0.717) is 18.0 Å². The van der Waals surface area contributed by atoms with Crippen LogP contribution in [0, 0.1) is 5.92 Å². The van der Waals surface area contributed by atoms with Gasteiger partial charge in [-0.3, -0.25) is 5.10 Å². The SMILES string of the molecule is CCC(CC)C(C)NS(=O)(=O)c1[nH]ncc1CNC(C)C. The van der Waals surface area contributed by atoms with Crippen molar-refractivity contribution < 1.29 is 8.42 Å². The van der Waals surface area contributed by atoms with Crippen molar-refractivity contribution in [2.75, 3.05) is 0 Å². The average Bonchev–Trinajstić information content (AvgIpc) is 2.86. The molecule has 1 unspecified atom stereocenters. The second-order valence-corrected chi connectivity index (χ2v) is 7.40. The molecule has 3 N–H and O–H groups in total. The highest BCUT2D eigenvalue weighted by Gasteiger charge is 2.25. The van der Waals surface area contributed by atoms with Gasteiger partial charge in [-0.25, -0.2) is 13.1 Å². The lowest BCUT2D eigenvalue weighted by atomic mass is 9.96. The Morgan fingerprint density at radius 3 is 2.38 bits per heavy atom. The number of aromatic nitrogens is 2. The molecule has 1 aromatic heterocycles. The third-order valence-electron chi connectivity index (χ3n) is 3.74. The van der Waals surface area contributed by atoms with Crippen LogP contribution in [0.3, 0.4) is 0 Å². The van der Waals surface area contributed by atoms with Crippen LogP contribution in [0.15, 0.2) is 11.2 Å². The molecule has 7 heteroatoms. The second-order valence-electron chi connectivity index (χ2n) is 5.75. The van der Waals surface area contributed by atoms with E-state index in [-0.39, 0.29) is 17.1 Å². The van der Waals surface area contributed by atoms with Gasteiger partial charge in [-0.05, 0) is 12.8 Å². The zero-order chi connectivity index (χ0) is 16.0. The van der Waals surface area contributed by atoms with Gasteiger partial charge >= 0.3 is 0 Å². The average molecular weight is 316 g/mol. The number of aromatic amines is 1. The van der Waals surface area contributed by atoms with Crippen molar-refractivity contribution in [1.29, 1.82) is 0 Å². The van der Waals surface area contributed by atoms with Gasteiger partial charge in [0.2, 0.25) is 0 Å². The largest absolute Gasteiger partial charge is 0.310 e. The predicted molar refractivity (Wildman–Crippen MR) is 84.4 cm³/mol. The van der Waals surface area contributed by atoms with E-state index >= 15 is 0 Å². The Labute approximate surface area is 128 Å². The maximum absolute atomic E-state index is 12.5. The summed E-state index contributed by atoms with van der Waals surface area (Å²) < 4.78 is 27.8. The summed E-state index contributed by atoms with van der Waals surface area (Å²) in [4.78, 5) is 0. The molecule has 0 aromatic carbocycles. The summed E-state index contributed by atoms with van der Waals surface area (Å²) in [5, 5.41) is 9.85. The summed E-state index contributed by atoms with van der Waals surface area (Å²) in [7, 11) is -3.57. The zero-order valence-corrected chi connectivity index (χ0v) is 14.4. The molecule has 1 atom stereocenters. The molecule has 0 amide bonds. The molecule has 0 bridgehead atoms. The normalized spacial score (nSPS) is 14.0. The molecule has 0 aliphatic heterocycles. The summed E-state index contributed by atoms with van der Waals surface area (Å²) in [6, 6.07) is 0.186. The molecule has 1 heterocycles. The highest BCUT2D eigenvalue weighted by atomic mass is 32.2. The highest BCUT2D eigenvalue weighted by molar-refractivity contribution is 7.89. The molecule has 1 aromatic rings. The fourth-order valence-corrected chi connectivity index (χ4v) is 3.81. The highest BCUT2D eigenvalue weighted by Crippen LogP contribution is 2.17. The van der Waals surface area contributed by atoms with E-state index in [1.54, 1.807) is 6.20 Å². The van der Waals surface area contributed by atoms with Gasteiger partial charge in [0.25, 0.3) is 10.0 Å². The van der Waals surface area contributed by atoms with E-state index < -0.39 is 10.0 Å². The molecule has 0 aliphatic carbocycles. The Morgan fingerprint density at radius 1 is 1.24 bits per heavy atom. The first-order chi connectivity index (χ1) is 9.81. The van der Waals surface area contributed by atoms with Gasteiger partial charge < -0.3 is 5.32 Å². The van der Waals surface area contributed by atoms with Crippen LogP contribution in [0.1, 0.15) is 53.0 Å². The minimum absolute atomic E-state index is 0.0980. The Hall–Kier alpha value is -0.920. The van der Waals surface area contributed by atoms with Crippen molar-refractivity contribution in [1.82, 2.24) is 20.2 Å². The molecule has 0 radical (unpaired) electrons. The van der Waals surface area contributed by atoms with Gasteiger partial charge in [-0.2, -0.15) is 5.10 Å². The lowest BCUT2D eigenvalue weighted by Gasteiger charge is -2.22. The number of nitrogens with zero attached hydrogens (tertiary/aromatic N) is 1. The standard InChI is InChI=1S/C14H28N4O2S/c1-6-12(7-2)11(5)18-21(19,20)14-13(9-16-17-14)8-15-10(3)4/h9-12,15,18H,6-8H2,1-5H3,(H,16,17). The number of hydrogen-bond acceptors (Lipinski definition) is 4. The van der Waals surface area contributed by atoms with Crippen molar-refractivity contribution in [2.45, 2.75) is 71.1 Å². The molecule has 1 rings (SSSR count). The molecular weight excluding hydrogens is 288 g/mol. The molecule has 0 spiro atoms. The van der Waals surface area contributed by atoms with Crippen LogP contribution >= 0.6 is 0 Å². The van der Waals surface area contributed by atoms with Crippen molar-refractivity contribution >= 4 is 10.0 Å². The first kappa shape index (κ1) is 18.1. The van der Waals surface area contributed by atoms with Crippen LogP contribution in [0.4, 0.5) is 0 Å². The van der Waals surface area contributed by atoms with Crippen LogP contribution in [-0.2, 0) is 16.6 Å². The van der Waals surface area contributed by atoms with Gasteiger partial charge in [0.1, 0.15) is 0 Å². The van der Waals surface area contributed by atoms with E-state index in [0.717, 1.165) is 12.8 Å². The van der Waals surface area contributed by atoms with Gasteiger partial charge in [-0.1, -0.05) is 40.5 Å². The second kappa shape index (κ2) is 7.91. The van der Waals surface area contributed by atoms with Crippen molar-refractivity contribution in [3.05, 3.63) is 11.8 Å². The van der Waals surface area contributed by atoms with Gasteiger partial charge in [0.15, 0.2) is 5.03 Å². The molecular formula is C14H28N4O2S. The van der Waals surface area contributed by atoms with Crippen molar-refractivity contribution in [2.24, 2.45) is 5.92 Å². The molecule has 21 heavy (non-hydrogen) atoms. The number of nitrogens with one attached hydrogen (secondary N) is 3. The molecule has 0 saturated heterocycles. The summed E-state index contributed by atoms with van der Waals surface area (Å²) >= 11 is 0. The van der Waals surface area contributed by atoms with Crippen LogP contribution in [0.25, 0.3) is 0 Å². The van der Waals surface area contributed by atoms with Crippen LogP contribution in [-0.4, -0.2) is 30.7 Å². The zero-order valence-electron chi connectivity index (χ0n) is 13.6. The number of hydrogen-bond donors (Lipinski definition) is 3. The van der Waals surface area contributed by atoms with E-state index in [4.69, 9.17) is 0 Å². The third kappa shape index (κ3) is 5.09. The molecule has 6 nitrogen and oxygen atoms in total. The van der Waals surface area contributed by atoms with E-state index in [1.807, 2.05) is 20.8 Å². The molecule has 0 fully saturated rings. The number of rotatable bonds is 9. The number of H-pyrrole nitrogens is 1. The first-order valence-electron chi connectivity index (χ1n) is 7.59. The molecule has 0 saturated carbocycles. The number of sulfonamides is 1. The van der Waals surface area contributed by atoms with E-state index in [2.05, 4.69) is 34.1 Å². The van der Waals surface area contributed by atoms with Gasteiger partial charge in [0.05, 0.1) is 6.20 Å². The fraction of sp³-hybridized carbons (Fsp3) is 0.786. The van der Waals surface area contributed by atoms with Gasteiger partial charge in [-0.15, -0.1) is 0 Å². The van der Waals surface area contributed by atoms with Crippen LogP contribution < -0.4 is 10.0 Å². The smallest absolute Gasteiger partial charge is 0.258 e. The van der Waals surface area contributed by atoms with Gasteiger partial charge in [0, 0.05) is 24.2 Å². The monoisotopic (exact) mass is 316 g/mol. The van der Waals surface area contributed by atoms with Crippen molar-refractivity contribution in [3.8, 4) is 0 Å². The minimum atomic E-state index is -3.57. The molecule has 122 valence electrons. The first-order valence-corrected chi connectivity index (χ1v) is 9.08. The maximum Gasteiger partial charge on any atom is 0.258 e. The van der Waals surface area contributed by atoms with Crippen molar-refractivity contribution in [3.63, 3.8) is 0 Å². The Kier molecular flexibility index (Phi) is 6.83. The fourth-order valence-electron chi connectivity index (χ4n) is 2.37. The lowest BCUT2D eigenvalue weighted by Crippen LogP contribution is -2.38. The van der Waals surface area contributed by atoms with Crippen LogP contribution in [0.5, 0.6) is 0 Å². The quantitative estimate of drug-likeness (QED) is 0.650. The third-order valence-corrected chi connectivity index (χ3v) is 5.32. The minimum Gasteiger partial charge on any atom is -0.310 e. The summed E-state index contributed by atoms with van der Waals surface area (Å²) in [5.74, 6) is 0.333. The topological polar surface area (TPSA) is 86.9 Å². The molecule has 0 aliphatic rings. The Bertz CT molecular complexity index is 521. The lowest BCUT2D eigenvalue weighted by molar-refractivity contribution is 0.390. The summed E-state index contributed by atoms with van der Waals surface area (Å²) in [6.07, 6.45) is 3.46. The predicted octanol–water partition coefficient (Wildman–Crippen LogP) is 2.01. The summed E-state index contributed by atoms with van der Waals surface area (Å²) in [6.45, 7) is 10.6. The maximum atomic E-state index is 12.5. The summed E-state index contributed by atoms with van der Waals surface area (Å²) in [5.41, 5.74) is 0.660. The van der Waals surface area contributed by atoms with E-state index in [1.165, 1.54) is 0 Å². The van der Waals surface area contributed by atoms with E-state index in [9.17, 15) is 8.42 Å². The van der Waals surface area contributed by atoms with Crippen LogP contribution in [0.2, 0.25) is 0 Å². The Morgan fingerprint density at radius 2 is 1.86 bits per heavy atom.